The van der Waals surface area contributed by atoms with Crippen molar-refractivity contribution in [3.05, 3.63) is 0 Å². The van der Waals surface area contributed by atoms with Crippen LogP contribution in [0.3, 0.4) is 0 Å². The Hall–Kier alpha value is -0.0800. The molecule has 1 atom stereocenters. The van der Waals surface area contributed by atoms with Gasteiger partial charge in [-0.2, -0.15) is 0 Å². The molecule has 1 aliphatic carbocycles. The van der Waals surface area contributed by atoms with Gasteiger partial charge in [0.15, 0.2) is 0 Å². The average molecular weight is 238 g/mol. The zero-order valence-electron chi connectivity index (χ0n) is 12.3. The molecule has 100 valence electrons. The Bertz CT molecular complexity index is 264. The number of rotatable bonds is 2. The van der Waals surface area contributed by atoms with Crippen LogP contribution in [0.2, 0.25) is 0 Å². The maximum Gasteiger partial charge on any atom is 0.0253 e. The van der Waals surface area contributed by atoms with Gasteiger partial charge in [0, 0.05) is 30.2 Å². The van der Waals surface area contributed by atoms with Gasteiger partial charge in [-0.25, -0.2) is 0 Å². The first-order valence-corrected chi connectivity index (χ1v) is 7.36. The second-order valence-corrected chi connectivity index (χ2v) is 7.41. The Balaban J connectivity index is 2.18. The molecule has 0 spiro atoms. The molecule has 1 heterocycles. The molecule has 0 bridgehead atoms. The SMILES string of the molecule is CC(C)C1CNC(C)(C)CN1C1(C)CCCC1. The maximum absolute atomic E-state index is 3.72. The average Bonchev–Trinajstić information content (AvgIpc) is 2.64. The van der Waals surface area contributed by atoms with Crippen LogP contribution in [0.5, 0.6) is 0 Å². The van der Waals surface area contributed by atoms with Gasteiger partial charge in [-0.15, -0.1) is 0 Å². The normalized spacial score (nSPS) is 33.2. The van der Waals surface area contributed by atoms with E-state index in [-0.39, 0.29) is 5.54 Å². The first-order valence-electron chi connectivity index (χ1n) is 7.36. The predicted molar refractivity (Wildman–Crippen MR) is 74.3 cm³/mol. The predicted octanol–water partition coefficient (Wildman–Crippen LogP) is 3.03. The first kappa shape index (κ1) is 13.4. The van der Waals surface area contributed by atoms with Crippen LogP contribution < -0.4 is 5.32 Å². The summed E-state index contributed by atoms with van der Waals surface area (Å²) in [5.74, 6) is 0.746. The fourth-order valence-corrected chi connectivity index (χ4v) is 3.70. The van der Waals surface area contributed by atoms with Gasteiger partial charge in [-0.3, -0.25) is 4.90 Å². The minimum atomic E-state index is 0.275. The maximum atomic E-state index is 3.72. The van der Waals surface area contributed by atoms with E-state index in [0.29, 0.717) is 11.6 Å². The summed E-state index contributed by atoms with van der Waals surface area (Å²) in [6.45, 7) is 14.3. The zero-order valence-corrected chi connectivity index (χ0v) is 12.3. The summed E-state index contributed by atoms with van der Waals surface area (Å²) in [6.07, 6.45) is 5.63. The van der Waals surface area contributed by atoms with Crippen LogP contribution in [-0.4, -0.2) is 35.1 Å². The van der Waals surface area contributed by atoms with E-state index in [2.05, 4.69) is 44.8 Å². The fraction of sp³-hybridized carbons (Fsp3) is 1.00. The van der Waals surface area contributed by atoms with E-state index in [0.717, 1.165) is 12.5 Å². The minimum Gasteiger partial charge on any atom is -0.309 e. The molecule has 2 nitrogen and oxygen atoms in total. The van der Waals surface area contributed by atoms with E-state index in [9.17, 15) is 0 Å². The van der Waals surface area contributed by atoms with Crippen molar-refractivity contribution >= 4 is 0 Å². The Labute approximate surface area is 107 Å². The van der Waals surface area contributed by atoms with Crippen molar-refractivity contribution in [3.8, 4) is 0 Å². The van der Waals surface area contributed by atoms with Crippen molar-refractivity contribution < 1.29 is 0 Å². The molecular formula is C15H30N2. The van der Waals surface area contributed by atoms with Crippen LogP contribution in [0.25, 0.3) is 0 Å². The molecule has 0 aromatic carbocycles. The Kier molecular flexibility index (Phi) is 3.57. The van der Waals surface area contributed by atoms with Crippen LogP contribution in [-0.2, 0) is 0 Å². The highest BCUT2D eigenvalue weighted by Gasteiger charge is 2.44. The van der Waals surface area contributed by atoms with Crippen LogP contribution in [0.1, 0.15) is 60.3 Å². The van der Waals surface area contributed by atoms with E-state index < -0.39 is 0 Å². The minimum absolute atomic E-state index is 0.275. The lowest BCUT2D eigenvalue weighted by Crippen LogP contribution is -2.67. The summed E-state index contributed by atoms with van der Waals surface area (Å²) in [5.41, 5.74) is 0.741. The van der Waals surface area contributed by atoms with Crippen LogP contribution in [0, 0.1) is 5.92 Å². The van der Waals surface area contributed by atoms with Gasteiger partial charge in [-0.1, -0.05) is 26.7 Å². The Morgan fingerprint density at radius 3 is 2.24 bits per heavy atom. The molecule has 1 N–H and O–H groups in total. The molecule has 17 heavy (non-hydrogen) atoms. The molecule has 2 heteroatoms. The van der Waals surface area contributed by atoms with Crippen LogP contribution in [0.4, 0.5) is 0 Å². The molecule has 0 radical (unpaired) electrons. The highest BCUT2D eigenvalue weighted by molar-refractivity contribution is 5.02. The standard InChI is InChI=1S/C15H30N2/c1-12(2)13-10-16-14(3,4)11-17(13)15(5)8-6-7-9-15/h12-13,16H,6-11H2,1-5H3. The lowest BCUT2D eigenvalue weighted by molar-refractivity contribution is -0.0147. The lowest BCUT2D eigenvalue weighted by atomic mass is 9.86. The molecule has 1 aliphatic heterocycles. The van der Waals surface area contributed by atoms with E-state index in [1.807, 2.05) is 0 Å². The number of nitrogens with one attached hydrogen (secondary N) is 1. The molecule has 0 aromatic rings. The van der Waals surface area contributed by atoms with E-state index in [1.54, 1.807) is 0 Å². The summed E-state index contributed by atoms with van der Waals surface area (Å²) in [4.78, 5) is 2.83. The summed E-state index contributed by atoms with van der Waals surface area (Å²) >= 11 is 0. The van der Waals surface area contributed by atoms with Gasteiger partial charge in [0.05, 0.1) is 0 Å². The molecule has 2 aliphatic rings. The zero-order chi connectivity index (χ0) is 12.7. The van der Waals surface area contributed by atoms with Gasteiger partial charge in [0.2, 0.25) is 0 Å². The van der Waals surface area contributed by atoms with Crippen molar-refractivity contribution in [3.63, 3.8) is 0 Å². The largest absolute Gasteiger partial charge is 0.309 e. The summed E-state index contributed by atoms with van der Waals surface area (Å²) in [6, 6.07) is 0.714. The second-order valence-electron chi connectivity index (χ2n) is 7.41. The number of nitrogens with zero attached hydrogens (tertiary/aromatic N) is 1. The van der Waals surface area contributed by atoms with Crippen molar-refractivity contribution in [2.45, 2.75) is 77.4 Å². The molecule has 1 unspecified atom stereocenters. The highest BCUT2D eigenvalue weighted by Crippen LogP contribution is 2.39. The molecule has 0 aromatic heterocycles. The van der Waals surface area contributed by atoms with Gasteiger partial charge in [0.25, 0.3) is 0 Å². The monoisotopic (exact) mass is 238 g/mol. The first-order chi connectivity index (χ1) is 7.84. The third-order valence-electron chi connectivity index (χ3n) is 4.90. The fourth-order valence-electron chi connectivity index (χ4n) is 3.70. The van der Waals surface area contributed by atoms with Crippen molar-refractivity contribution in [1.29, 1.82) is 0 Å². The quantitative estimate of drug-likeness (QED) is 0.795. The number of piperazine rings is 1. The number of hydrogen-bond donors (Lipinski definition) is 1. The van der Waals surface area contributed by atoms with Crippen molar-refractivity contribution in [2.75, 3.05) is 13.1 Å². The Morgan fingerprint density at radius 1 is 1.12 bits per heavy atom. The molecule has 1 saturated heterocycles. The summed E-state index contributed by atoms with van der Waals surface area (Å²) < 4.78 is 0. The topological polar surface area (TPSA) is 15.3 Å². The van der Waals surface area contributed by atoms with E-state index in [4.69, 9.17) is 0 Å². The smallest absolute Gasteiger partial charge is 0.0253 e. The van der Waals surface area contributed by atoms with Gasteiger partial charge < -0.3 is 5.32 Å². The number of hydrogen-bond acceptors (Lipinski definition) is 2. The molecule has 2 rings (SSSR count). The third-order valence-corrected chi connectivity index (χ3v) is 4.90. The highest BCUT2D eigenvalue weighted by atomic mass is 15.3. The molecule has 1 saturated carbocycles. The lowest BCUT2D eigenvalue weighted by Gasteiger charge is -2.53. The van der Waals surface area contributed by atoms with Crippen molar-refractivity contribution in [2.24, 2.45) is 5.92 Å². The third kappa shape index (κ3) is 2.68. The van der Waals surface area contributed by atoms with Gasteiger partial charge >= 0.3 is 0 Å². The summed E-state index contributed by atoms with van der Waals surface area (Å²) in [5, 5.41) is 3.72. The molecule has 0 amide bonds. The summed E-state index contributed by atoms with van der Waals surface area (Å²) in [7, 11) is 0. The van der Waals surface area contributed by atoms with E-state index >= 15 is 0 Å². The van der Waals surface area contributed by atoms with Gasteiger partial charge in [-0.05, 0) is 39.5 Å². The van der Waals surface area contributed by atoms with Crippen LogP contribution in [0.15, 0.2) is 0 Å². The van der Waals surface area contributed by atoms with Crippen LogP contribution >= 0.6 is 0 Å². The Morgan fingerprint density at radius 2 is 1.71 bits per heavy atom. The van der Waals surface area contributed by atoms with Crippen molar-refractivity contribution in [1.82, 2.24) is 10.2 Å². The van der Waals surface area contributed by atoms with E-state index in [1.165, 1.54) is 32.2 Å². The molecule has 2 fully saturated rings. The second kappa shape index (κ2) is 4.55. The molecular weight excluding hydrogens is 208 g/mol. The van der Waals surface area contributed by atoms with Gasteiger partial charge in [0.1, 0.15) is 0 Å².